The maximum absolute atomic E-state index is 12.2. The molecule has 0 bridgehead atoms. The molecule has 0 saturated heterocycles. The number of nitrogens with one attached hydrogen (secondary N) is 1. The average Bonchev–Trinajstić information content (AvgIpc) is 2.53. The highest BCUT2D eigenvalue weighted by Gasteiger charge is 2.31. The van der Waals surface area contributed by atoms with E-state index in [0.717, 1.165) is 12.1 Å². The largest absolute Gasteiger partial charge is 0.573 e. The van der Waals surface area contributed by atoms with Crippen molar-refractivity contribution in [1.29, 1.82) is 0 Å². The van der Waals surface area contributed by atoms with Crippen molar-refractivity contribution >= 4 is 15.9 Å². The van der Waals surface area contributed by atoms with Crippen LogP contribution in [-0.2, 0) is 21.2 Å². The number of ether oxygens (including phenoxy) is 1. The Balaban J connectivity index is 1.95. The summed E-state index contributed by atoms with van der Waals surface area (Å²) in [5.74, 6) is -0.679. The summed E-state index contributed by atoms with van der Waals surface area (Å²) in [5.41, 5.74) is 1.18. The Kier molecular flexibility index (Phi) is 6.11. The standard InChI is InChI=1S/C17H17F3N2O4S/c1-11(13-4-6-14(7-5-13)26-17(18,19)20)22-16(23)10-12-2-8-15(9-3-12)27(21,24)25/h2-9,11H,10H2,1H3,(H,22,23)(H2,21,24,25). The highest BCUT2D eigenvalue weighted by atomic mass is 32.2. The summed E-state index contributed by atoms with van der Waals surface area (Å²) in [6.45, 7) is 1.68. The third-order valence-corrected chi connectivity index (χ3v) is 4.54. The van der Waals surface area contributed by atoms with Crippen LogP contribution in [0.15, 0.2) is 53.4 Å². The van der Waals surface area contributed by atoms with Gasteiger partial charge in [0, 0.05) is 0 Å². The van der Waals surface area contributed by atoms with Gasteiger partial charge in [0.05, 0.1) is 17.4 Å². The summed E-state index contributed by atoms with van der Waals surface area (Å²) < 4.78 is 62.6. The number of primary sulfonamides is 1. The summed E-state index contributed by atoms with van der Waals surface area (Å²) in [6.07, 6.45) is -4.76. The molecule has 3 N–H and O–H groups in total. The van der Waals surface area contributed by atoms with Gasteiger partial charge in [0.2, 0.25) is 15.9 Å². The first-order valence-corrected chi connectivity index (χ1v) is 9.25. The Morgan fingerprint density at radius 2 is 1.67 bits per heavy atom. The van der Waals surface area contributed by atoms with Crippen molar-refractivity contribution < 1.29 is 31.1 Å². The fourth-order valence-corrected chi connectivity index (χ4v) is 2.83. The number of halogens is 3. The molecule has 146 valence electrons. The van der Waals surface area contributed by atoms with Crippen molar-refractivity contribution in [2.75, 3.05) is 0 Å². The first-order valence-electron chi connectivity index (χ1n) is 7.71. The van der Waals surface area contributed by atoms with Crippen molar-refractivity contribution in [2.24, 2.45) is 5.14 Å². The first-order chi connectivity index (χ1) is 12.4. The Bertz CT molecular complexity index is 895. The SMILES string of the molecule is CC(NC(=O)Cc1ccc(S(N)(=O)=O)cc1)c1ccc(OC(F)(F)F)cc1. The number of sulfonamides is 1. The molecule has 6 nitrogen and oxygen atoms in total. The molecule has 0 spiro atoms. The van der Waals surface area contributed by atoms with Crippen LogP contribution in [0, 0.1) is 0 Å². The van der Waals surface area contributed by atoms with Crippen molar-refractivity contribution in [2.45, 2.75) is 30.6 Å². The lowest BCUT2D eigenvalue weighted by atomic mass is 10.1. The molecule has 1 amide bonds. The molecule has 27 heavy (non-hydrogen) atoms. The molecule has 0 radical (unpaired) electrons. The number of benzene rings is 2. The fraction of sp³-hybridized carbons (Fsp3) is 0.235. The number of carbonyl (C=O) groups excluding carboxylic acids is 1. The van der Waals surface area contributed by atoms with E-state index in [1.807, 2.05) is 0 Å². The van der Waals surface area contributed by atoms with E-state index in [-0.39, 0.29) is 23.0 Å². The number of amides is 1. The topological polar surface area (TPSA) is 98.5 Å². The molecule has 0 fully saturated rings. The van der Waals surface area contributed by atoms with Crippen LogP contribution in [0.3, 0.4) is 0 Å². The van der Waals surface area contributed by atoms with Crippen LogP contribution >= 0.6 is 0 Å². The van der Waals surface area contributed by atoms with E-state index in [1.165, 1.54) is 36.4 Å². The van der Waals surface area contributed by atoms with E-state index in [2.05, 4.69) is 10.1 Å². The minimum Gasteiger partial charge on any atom is -0.406 e. The van der Waals surface area contributed by atoms with E-state index in [1.54, 1.807) is 6.92 Å². The number of nitrogens with two attached hydrogens (primary N) is 1. The summed E-state index contributed by atoms with van der Waals surface area (Å²) in [6, 6.07) is 10.3. The molecule has 0 aliphatic carbocycles. The highest BCUT2D eigenvalue weighted by Crippen LogP contribution is 2.24. The lowest BCUT2D eigenvalue weighted by Gasteiger charge is -2.15. The summed E-state index contributed by atoms with van der Waals surface area (Å²) in [7, 11) is -3.80. The predicted octanol–water partition coefficient (Wildman–Crippen LogP) is 2.65. The van der Waals surface area contributed by atoms with Crippen molar-refractivity contribution in [1.82, 2.24) is 5.32 Å². The highest BCUT2D eigenvalue weighted by molar-refractivity contribution is 7.89. The smallest absolute Gasteiger partial charge is 0.406 e. The number of alkyl halides is 3. The van der Waals surface area contributed by atoms with Gasteiger partial charge in [-0.05, 0) is 42.3 Å². The molecular formula is C17H17F3N2O4S. The predicted molar refractivity (Wildman–Crippen MR) is 91.2 cm³/mol. The molecule has 2 aromatic rings. The van der Waals surface area contributed by atoms with Crippen molar-refractivity contribution in [3.63, 3.8) is 0 Å². The third kappa shape index (κ3) is 6.57. The van der Waals surface area contributed by atoms with Crippen molar-refractivity contribution in [3.05, 3.63) is 59.7 Å². The van der Waals surface area contributed by atoms with Crippen LogP contribution in [0.25, 0.3) is 0 Å². The zero-order valence-electron chi connectivity index (χ0n) is 14.2. The van der Waals surface area contributed by atoms with Gasteiger partial charge >= 0.3 is 6.36 Å². The second kappa shape index (κ2) is 7.97. The van der Waals surface area contributed by atoms with Gasteiger partial charge in [0.25, 0.3) is 0 Å². The third-order valence-electron chi connectivity index (χ3n) is 3.61. The Hall–Kier alpha value is -2.59. The molecule has 0 heterocycles. The Morgan fingerprint density at radius 3 is 2.15 bits per heavy atom. The first kappa shape index (κ1) is 20.7. The molecule has 0 aliphatic rings. The summed E-state index contributed by atoms with van der Waals surface area (Å²) in [5, 5.41) is 7.72. The second-order valence-electron chi connectivity index (χ2n) is 5.77. The maximum Gasteiger partial charge on any atom is 0.573 e. The molecule has 0 aliphatic heterocycles. The van der Waals surface area contributed by atoms with Gasteiger partial charge in [-0.1, -0.05) is 24.3 Å². The van der Waals surface area contributed by atoms with E-state index in [0.29, 0.717) is 11.1 Å². The Morgan fingerprint density at radius 1 is 1.11 bits per heavy atom. The lowest BCUT2D eigenvalue weighted by molar-refractivity contribution is -0.274. The molecule has 1 atom stereocenters. The van der Waals surface area contributed by atoms with E-state index < -0.39 is 22.4 Å². The average molecular weight is 402 g/mol. The van der Waals surface area contributed by atoms with Crippen LogP contribution in [0.4, 0.5) is 13.2 Å². The zero-order chi connectivity index (χ0) is 20.2. The Labute approximate surface area is 154 Å². The molecule has 0 aromatic heterocycles. The van der Waals surface area contributed by atoms with Gasteiger partial charge in [0.1, 0.15) is 5.75 Å². The molecule has 2 aromatic carbocycles. The quantitative estimate of drug-likeness (QED) is 0.776. The number of hydrogen-bond donors (Lipinski definition) is 2. The van der Waals surface area contributed by atoms with E-state index in [4.69, 9.17) is 5.14 Å². The normalized spacial score (nSPS) is 13.1. The molecule has 2 rings (SSSR count). The maximum atomic E-state index is 12.2. The van der Waals surface area contributed by atoms with Crippen LogP contribution in [0.5, 0.6) is 5.75 Å². The monoisotopic (exact) mass is 402 g/mol. The van der Waals surface area contributed by atoms with Crippen LogP contribution < -0.4 is 15.2 Å². The van der Waals surface area contributed by atoms with Crippen LogP contribution in [0.1, 0.15) is 24.1 Å². The van der Waals surface area contributed by atoms with Gasteiger partial charge in [-0.2, -0.15) is 0 Å². The van der Waals surface area contributed by atoms with Gasteiger partial charge < -0.3 is 10.1 Å². The van der Waals surface area contributed by atoms with Crippen LogP contribution in [-0.4, -0.2) is 20.7 Å². The zero-order valence-corrected chi connectivity index (χ0v) is 15.0. The fourth-order valence-electron chi connectivity index (χ4n) is 2.32. The molecule has 10 heteroatoms. The van der Waals surface area contributed by atoms with Gasteiger partial charge in [-0.25, -0.2) is 13.6 Å². The minimum absolute atomic E-state index is 0.00447. The van der Waals surface area contributed by atoms with E-state index in [9.17, 15) is 26.4 Å². The van der Waals surface area contributed by atoms with Gasteiger partial charge in [-0.3, -0.25) is 4.79 Å². The molecule has 1 unspecified atom stereocenters. The van der Waals surface area contributed by atoms with Crippen LogP contribution in [0.2, 0.25) is 0 Å². The molecular weight excluding hydrogens is 385 g/mol. The molecule has 0 saturated carbocycles. The van der Waals surface area contributed by atoms with Gasteiger partial charge in [0.15, 0.2) is 0 Å². The van der Waals surface area contributed by atoms with Crippen molar-refractivity contribution in [3.8, 4) is 5.75 Å². The number of hydrogen-bond acceptors (Lipinski definition) is 4. The number of rotatable bonds is 6. The van der Waals surface area contributed by atoms with Gasteiger partial charge in [-0.15, -0.1) is 13.2 Å². The number of carbonyl (C=O) groups is 1. The lowest BCUT2D eigenvalue weighted by Crippen LogP contribution is -2.28. The summed E-state index contributed by atoms with van der Waals surface area (Å²) >= 11 is 0. The summed E-state index contributed by atoms with van der Waals surface area (Å²) in [4.78, 5) is 12.1. The second-order valence-corrected chi connectivity index (χ2v) is 7.33. The van der Waals surface area contributed by atoms with E-state index >= 15 is 0 Å². The minimum atomic E-state index is -4.76.